The molecule has 0 bridgehead atoms. The van der Waals surface area contributed by atoms with Crippen LogP contribution in [0, 0.1) is 0 Å². The van der Waals surface area contributed by atoms with Crippen molar-refractivity contribution in [3.05, 3.63) is 29.3 Å². The minimum atomic E-state index is 0.196. The van der Waals surface area contributed by atoms with Gasteiger partial charge in [0.25, 0.3) is 0 Å². The van der Waals surface area contributed by atoms with Crippen LogP contribution in [0.25, 0.3) is 10.6 Å². The summed E-state index contributed by atoms with van der Waals surface area (Å²) in [6.45, 7) is 1.88. The number of ketones is 1. The number of carbonyl (C=O) groups is 1. The average Bonchev–Trinajstić information content (AvgIpc) is 2.84. The van der Waals surface area contributed by atoms with Gasteiger partial charge in [-0.3, -0.25) is 9.48 Å². The fourth-order valence-electron chi connectivity index (χ4n) is 1.35. The maximum Gasteiger partial charge on any atom is 0.172 e. The molecule has 4 heteroatoms. The third kappa shape index (κ3) is 1.99. The van der Waals surface area contributed by atoms with Crippen LogP contribution >= 0.6 is 11.3 Å². The molecule has 0 aliphatic heterocycles. The summed E-state index contributed by atoms with van der Waals surface area (Å²) in [5, 5.41) is 4.30. The monoisotopic (exact) mass is 220 g/mol. The highest BCUT2D eigenvalue weighted by Gasteiger charge is 2.09. The van der Waals surface area contributed by atoms with Crippen molar-refractivity contribution in [2.24, 2.45) is 7.05 Å². The Bertz CT molecular complexity index is 484. The topological polar surface area (TPSA) is 34.9 Å². The van der Waals surface area contributed by atoms with Crippen molar-refractivity contribution < 1.29 is 4.79 Å². The van der Waals surface area contributed by atoms with Gasteiger partial charge in [0.2, 0.25) is 0 Å². The van der Waals surface area contributed by atoms with Crippen LogP contribution in [-0.4, -0.2) is 15.6 Å². The molecule has 0 aromatic carbocycles. The zero-order chi connectivity index (χ0) is 10.8. The summed E-state index contributed by atoms with van der Waals surface area (Å²) < 4.78 is 1.76. The van der Waals surface area contributed by atoms with Crippen molar-refractivity contribution in [3.63, 3.8) is 0 Å². The fourth-order valence-corrected chi connectivity index (χ4v) is 2.33. The van der Waals surface area contributed by atoms with Gasteiger partial charge in [-0.15, -0.1) is 11.3 Å². The first-order chi connectivity index (χ1) is 7.20. The number of thiophene rings is 1. The Labute approximate surface area is 92.4 Å². The van der Waals surface area contributed by atoms with E-state index in [0.29, 0.717) is 6.42 Å². The molecule has 0 fully saturated rings. The van der Waals surface area contributed by atoms with Gasteiger partial charge in [0.1, 0.15) is 5.69 Å². The molecular formula is C11H12N2OS. The quantitative estimate of drug-likeness (QED) is 0.745. The molecule has 2 aromatic rings. The van der Waals surface area contributed by atoms with Crippen molar-refractivity contribution in [2.75, 3.05) is 0 Å². The molecule has 0 unspecified atom stereocenters. The second kappa shape index (κ2) is 3.98. The summed E-state index contributed by atoms with van der Waals surface area (Å²) in [7, 11) is 1.88. The number of nitrogens with zero attached hydrogens (tertiary/aromatic N) is 2. The zero-order valence-electron chi connectivity index (χ0n) is 8.73. The summed E-state index contributed by atoms with van der Waals surface area (Å²) in [5.74, 6) is 0.196. The third-order valence-electron chi connectivity index (χ3n) is 2.17. The predicted octanol–water partition coefficient (Wildman–Crippen LogP) is 2.74. The maximum absolute atomic E-state index is 11.4. The maximum atomic E-state index is 11.4. The van der Waals surface area contributed by atoms with Gasteiger partial charge in [-0.2, -0.15) is 5.10 Å². The fraction of sp³-hybridized carbons (Fsp3) is 0.273. The number of carbonyl (C=O) groups excluding carboxylic acids is 1. The first-order valence-electron chi connectivity index (χ1n) is 4.83. The van der Waals surface area contributed by atoms with Gasteiger partial charge in [0, 0.05) is 19.7 Å². The Morgan fingerprint density at radius 3 is 2.87 bits per heavy atom. The van der Waals surface area contributed by atoms with E-state index in [1.54, 1.807) is 4.68 Å². The van der Waals surface area contributed by atoms with Crippen LogP contribution in [0.15, 0.2) is 24.4 Å². The van der Waals surface area contributed by atoms with E-state index in [1.807, 2.05) is 38.4 Å². The molecule has 0 atom stereocenters. The Morgan fingerprint density at radius 2 is 2.27 bits per heavy atom. The average molecular weight is 220 g/mol. The van der Waals surface area contributed by atoms with Crippen LogP contribution in [0.1, 0.15) is 23.0 Å². The highest BCUT2D eigenvalue weighted by molar-refractivity contribution is 7.17. The molecule has 0 radical (unpaired) electrons. The van der Waals surface area contributed by atoms with E-state index in [9.17, 15) is 4.79 Å². The number of aromatic nitrogens is 2. The molecule has 2 heterocycles. The third-order valence-corrected chi connectivity index (χ3v) is 3.32. The molecule has 78 valence electrons. The highest BCUT2D eigenvalue weighted by Crippen LogP contribution is 2.27. The van der Waals surface area contributed by atoms with Crippen molar-refractivity contribution >= 4 is 17.1 Å². The van der Waals surface area contributed by atoms with Crippen molar-refractivity contribution in [2.45, 2.75) is 13.3 Å². The van der Waals surface area contributed by atoms with Gasteiger partial charge in [-0.25, -0.2) is 0 Å². The summed E-state index contributed by atoms with van der Waals surface area (Å²) in [5.41, 5.74) is 0.928. The van der Waals surface area contributed by atoms with E-state index in [0.717, 1.165) is 15.4 Å². The van der Waals surface area contributed by atoms with Crippen LogP contribution in [0.2, 0.25) is 0 Å². The Morgan fingerprint density at radius 1 is 1.47 bits per heavy atom. The van der Waals surface area contributed by atoms with Crippen molar-refractivity contribution in [1.82, 2.24) is 9.78 Å². The lowest BCUT2D eigenvalue weighted by molar-refractivity contribution is 0.0992. The lowest BCUT2D eigenvalue weighted by Gasteiger charge is -1.90. The number of rotatable bonds is 3. The number of aryl methyl sites for hydroxylation is 1. The summed E-state index contributed by atoms with van der Waals surface area (Å²) in [6, 6.07) is 5.78. The largest absolute Gasteiger partial charge is 0.293 e. The zero-order valence-corrected chi connectivity index (χ0v) is 9.54. The van der Waals surface area contributed by atoms with E-state index < -0.39 is 0 Å². The first-order valence-corrected chi connectivity index (χ1v) is 5.65. The molecule has 0 aliphatic rings. The van der Waals surface area contributed by atoms with E-state index in [1.165, 1.54) is 11.3 Å². The molecular weight excluding hydrogens is 208 g/mol. The summed E-state index contributed by atoms with van der Waals surface area (Å²) >= 11 is 1.51. The molecule has 0 spiro atoms. The molecule has 2 aromatic heterocycles. The van der Waals surface area contributed by atoms with E-state index in [2.05, 4.69) is 5.10 Å². The van der Waals surface area contributed by atoms with Gasteiger partial charge < -0.3 is 0 Å². The van der Waals surface area contributed by atoms with Gasteiger partial charge in [0.15, 0.2) is 5.78 Å². The SMILES string of the molecule is CCC(=O)c1ccc(-c2ccn(C)n2)s1. The standard InChI is InChI=1S/C11H12N2OS/c1-3-9(14)11-5-4-10(15-11)8-6-7-13(2)12-8/h4-7H,3H2,1-2H3. The summed E-state index contributed by atoms with van der Waals surface area (Å²) in [6.07, 6.45) is 2.46. The number of hydrogen-bond donors (Lipinski definition) is 0. The Balaban J connectivity index is 2.31. The van der Waals surface area contributed by atoms with Crippen LogP contribution in [-0.2, 0) is 7.05 Å². The van der Waals surface area contributed by atoms with E-state index >= 15 is 0 Å². The lowest BCUT2D eigenvalue weighted by Crippen LogP contribution is -1.90. The van der Waals surface area contributed by atoms with E-state index in [4.69, 9.17) is 0 Å². The summed E-state index contributed by atoms with van der Waals surface area (Å²) in [4.78, 5) is 13.3. The first kappa shape index (κ1) is 10.1. The highest BCUT2D eigenvalue weighted by atomic mass is 32.1. The predicted molar refractivity (Wildman–Crippen MR) is 61.1 cm³/mol. The number of hydrogen-bond acceptors (Lipinski definition) is 3. The normalized spacial score (nSPS) is 10.5. The van der Waals surface area contributed by atoms with Gasteiger partial charge in [-0.1, -0.05) is 6.92 Å². The van der Waals surface area contributed by atoms with Crippen LogP contribution in [0.5, 0.6) is 0 Å². The molecule has 15 heavy (non-hydrogen) atoms. The van der Waals surface area contributed by atoms with Crippen LogP contribution < -0.4 is 0 Å². The Kier molecular flexibility index (Phi) is 2.68. The molecule has 0 saturated heterocycles. The van der Waals surface area contributed by atoms with Gasteiger partial charge in [0.05, 0.1) is 9.75 Å². The molecule has 0 amide bonds. The smallest absolute Gasteiger partial charge is 0.172 e. The molecule has 2 rings (SSSR count). The second-order valence-corrected chi connectivity index (χ2v) is 4.40. The van der Waals surface area contributed by atoms with Gasteiger partial charge in [-0.05, 0) is 18.2 Å². The molecule has 0 aliphatic carbocycles. The lowest BCUT2D eigenvalue weighted by atomic mass is 10.2. The minimum Gasteiger partial charge on any atom is -0.293 e. The Hall–Kier alpha value is -1.42. The molecule has 0 saturated carbocycles. The van der Waals surface area contributed by atoms with E-state index in [-0.39, 0.29) is 5.78 Å². The second-order valence-electron chi connectivity index (χ2n) is 3.32. The van der Waals surface area contributed by atoms with Crippen LogP contribution in [0.3, 0.4) is 0 Å². The molecule has 3 nitrogen and oxygen atoms in total. The minimum absolute atomic E-state index is 0.196. The van der Waals surface area contributed by atoms with Gasteiger partial charge >= 0.3 is 0 Å². The number of Topliss-reactive ketones (excluding diaryl/α,β-unsaturated/α-hetero) is 1. The van der Waals surface area contributed by atoms with Crippen LogP contribution in [0.4, 0.5) is 0 Å². The van der Waals surface area contributed by atoms with Crippen molar-refractivity contribution in [3.8, 4) is 10.6 Å². The van der Waals surface area contributed by atoms with Crippen molar-refractivity contribution in [1.29, 1.82) is 0 Å². The molecule has 0 N–H and O–H groups in total.